The van der Waals surface area contributed by atoms with Crippen molar-refractivity contribution in [3.8, 4) is 0 Å². The Labute approximate surface area is 119 Å². The van der Waals surface area contributed by atoms with Crippen molar-refractivity contribution in [2.75, 3.05) is 18.9 Å². The first-order valence-corrected chi connectivity index (χ1v) is 8.05. The summed E-state index contributed by atoms with van der Waals surface area (Å²) in [6, 6.07) is 3.76. The molecule has 0 aliphatic heterocycles. The molecule has 0 amide bonds. The van der Waals surface area contributed by atoms with Gasteiger partial charge in [0, 0.05) is 13.2 Å². The molecule has 0 saturated heterocycles. The zero-order valence-electron chi connectivity index (χ0n) is 11.5. The molecule has 0 heterocycles. The standard InChI is InChI=1S/C13H21FN2O3S/c1-2-4-10(7-8-17)9-16-20(18,19)13-11(14)5-3-6-12(13)15/h3,5-6,10,16-17H,2,4,7-9,15H2,1H3. The quantitative estimate of drug-likeness (QED) is 0.634. The van der Waals surface area contributed by atoms with Crippen molar-refractivity contribution in [1.82, 2.24) is 4.72 Å². The highest BCUT2D eigenvalue weighted by Crippen LogP contribution is 2.21. The number of aliphatic hydroxyl groups excluding tert-OH is 1. The molecular weight excluding hydrogens is 283 g/mol. The van der Waals surface area contributed by atoms with Crippen LogP contribution >= 0.6 is 0 Å². The van der Waals surface area contributed by atoms with Gasteiger partial charge in [0.2, 0.25) is 10.0 Å². The van der Waals surface area contributed by atoms with Gasteiger partial charge in [-0.2, -0.15) is 0 Å². The van der Waals surface area contributed by atoms with Crippen molar-refractivity contribution in [3.05, 3.63) is 24.0 Å². The van der Waals surface area contributed by atoms with Crippen molar-refractivity contribution >= 4 is 15.7 Å². The number of anilines is 1. The molecule has 1 rings (SSSR count). The van der Waals surface area contributed by atoms with Crippen molar-refractivity contribution in [2.45, 2.75) is 31.1 Å². The maximum absolute atomic E-state index is 13.6. The SMILES string of the molecule is CCCC(CCO)CNS(=O)(=O)c1c(N)cccc1F. The van der Waals surface area contributed by atoms with Crippen LogP contribution in [0.4, 0.5) is 10.1 Å². The minimum Gasteiger partial charge on any atom is -0.398 e. The number of aliphatic hydroxyl groups is 1. The monoisotopic (exact) mass is 304 g/mol. The van der Waals surface area contributed by atoms with Crippen LogP contribution in [0.5, 0.6) is 0 Å². The van der Waals surface area contributed by atoms with Gasteiger partial charge in [-0.1, -0.05) is 19.4 Å². The summed E-state index contributed by atoms with van der Waals surface area (Å²) in [5.74, 6) is -0.848. The number of nitrogens with one attached hydrogen (secondary N) is 1. The number of sulfonamides is 1. The average Bonchev–Trinajstić information content (AvgIpc) is 2.36. The van der Waals surface area contributed by atoms with Gasteiger partial charge in [-0.05, 0) is 30.9 Å². The Morgan fingerprint density at radius 2 is 2.10 bits per heavy atom. The van der Waals surface area contributed by atoms with Gasteiger partial charge in [0.05, 0.1) is 5.69 Å². The van der Waals surface area contributed by atoms with E-state index in [-0.39, 0.29) is 24.8 Å². The van der Waals surface area contributed by atoms with Crippen LogP contribution in [0.1, 0.15) is 26.2 Å². The van der Waals surface area contributed by atoms with Gasteiger partial charge in [0.15, 0.2) is 0 Å². The summed E-state index contributed by atoms with van der Waals surface area (Å²) in [5.41, 5.74) is 5.41. The number of benzene rings is 1. The lowest BCUT2D eigenvalue weighted by Gasteiger charge is -2.16. The van der Waals surface area contributed by atoms with Crippen molar-refractivity contribution in [3.63, 3.8) is 0 Å². The van der Waals surface area contributed by atoms with Gasteiger partial charge in [0.1, 0.15) is 10.7 Å². The molecule has 4 N–H and O–H groups in total. The second kappa shape index (κ2) is 7.56. The molecule has 0 aromatic heterocycles. The third-order valence-electron chi connectivity index (χ3n) is 3.06. The van der Waals surface area contributed by atoms with Crippen molar-refractivity contribution in [1.29, 1.82) is 0 Å². The van der Waals surface area contributed by atoms with E-state index in [2.05, 4.69) is 4.72 Å². The Morgan fingerprint density at radius 1 is 1.40 bits per heavy atom. The van der Waals surface area contributed by atoms with Crippen LogP contribution in [-0.4, -0.2) is 26.7 Å². The lowest BCUT2D eigenvalue weighted by molar-refractivity contribution is 0.251. The predicted octanol–water partition coefficient (Wildman–Crippen LogP) is 1.48. The van der Waals surface area contributed by atoms with E-state index in [0.717, 1.165) is 18.9 Å². The Hall–Kier alpha value is -1.18. The van der Waals surface area contributed by atoms with Gasteiger partial charge in [0.25, 0.3) is 0 Å². The van der Waals surface area contributed by atoms with Gasteiger partial charge < -0.3 is 10.8 Å². The number of hydrogen-bond acceptors (Lipinski definition) is 4. The number of nitrogen functional groups attached to an aromatic ring is 1. The minimum absolute atomic E-state index is 0.00572. The van der Waals surface area contributed by atoms with Gasteiger partial charge in [-0.3, -0.25) is 0 Å². The third-order valence-corrected chi connectivity index (χ3v) is 4.58. The fourth-order valence-corrected chi connectivity index (χ4v) is 3.35. The second-order valence-electron chi connectivity index (χ2n) is 4.68. The molecule has 1 atom stereocenters. The molecule has 0 aliphatic carbocycles. The highest BCUT2D eigenvalue weighted by atomic mass is 32.2. The molecule has 7 heteroatoms. The summed E-state index contributed by atoms with van der Waals surface area (Å²) in [7, 11) is -3.98. The zero-order chi connectivity index (χ0) is 15.2. The van der Waals surface area contributed by atoms with Gasteiger partial charge >= 0.3 is 0 Å². The first-order valence-electron chi connectivity index (χ1n) is 6.56. The van der Waals surface area contributed by atoms with E-state index < -0.39 is 20.7 Å². The molecule has 0 radical (unpaired) electrons. The molecule has 114 valence electrons. The molecule has 0 saturated carbocycles. The molecule has 20 heavy (non-hydrogen) atoms. The van der Waals surface area contributed by atoms with E-state index in [9.17, 15) is 12.8 Å². The first-order chi connectivity index (χ1) is 9.42. The summed E-state index contributed by atoms with van der Waals surface area (Å²) in [6.45, 7) is 2.13. The lowest BCUT2D eigenvalue weighted by Crippen LogP contribution is -2.31. The summed E-state index contributed by atoms with van der Waals surface area (Å²) in [5, 5.41) is 8.94. The van der Waals surface area contributed by atoms with Crippen molar-refractivity contribution < 1.29 is 17.9 Å². The molecule has 0 spiro atoms. The molecular formula is C13H21FN2O3S. The van der Waals surface area contributed by atoms with Crippen LogP contribution in [0.3, 0.4) is 0 Å². The number of halogens is 1. The Bertz CT molecular complexity index is 508. The summed E-state index contributed by atoms with van der Waals surface area (Å²) < 4.78 is 40.2. The Kier molecular flexibility index (Phi) is 6.38. The van der Waals surface area contributed by atoms with E-state index in [1.54, 1.807) is 0 Å². The van der Waals surface area contributed by atoms with Crippen LogP contribution in [0.2, 0.25) is 0 Å². The normalized spacial score (nSPS) is 13.3. The summed E-state index contributed by atoms with van der Waals surface area (Å²) >= 11 is 0. The fourth-order valence-electron chi connectivity index (χ4n) is 2.05. The Morgan fingerprint density at radius 3 is 2.65 bits per heavy atom. The minimum atomic E-state index is -3.98. The van der Waals surface area contributed by atoms with Gasteiger partial charge in [-0.25, -0.2) is 17.5 Å². The molecule has 0 aliphatic rings. The van der Waals surface area contributed by atoms with E-state index in [0.29, 0.717) is 6.42 Å². The molecule has 0 bridgehead atoms. The van der Waals surface area contributed by atoms with Crippen LogP contribution in [0, 0.1) is 11.7 Å². The van der Waals surface area contributed by atoms with Crippen molar-refractivity contribution in [2.24, 2.45) is 5.92 Å². The van der Waals surface area contributed by atoms with E-state index in [1.165, 1.54) is 12.1 Å². The molecule has 5 nitrogen and oxygen atoms in total. The van der Waals surface area contributed by atoms with E-state index in [4.69, 9.17) is 10.8 Å². The number of nitrogens with two attached hydrogens (primary N) is 1. The zero-order valence-corrected chi connectivity index (χ0v) is 12.3. The smallest absolute Gasteiger partial charge is 0.245 e. The third kappa shape index (κ3) is 4.43. The lowest BCUT2D eigenvalue weighted by atomic mass is 10.0. The fraction of sp³-hybridized carbons (Fsp3) is 0.538. The van der Waals surface area contributed by atoms with Gasteiger partial charge in [-0.15, -0.1) is 0 Å². The molecule has 1 aromatic rings. The molecule has 1 aromatic carbocycles. The number of hydrogen-bond donors (Lipinski definition) is 3. The predicted molar refractivity (Wildman–Crippen MR) is 76.1 cm³/mol. The topological polar surface area (TPSA) is 92.4 Å². The number of rotatable bonds is 8. The van der Waals surface area contributed by atoms with Crippen LogP contribution < -0.4 is 10.5 Å². The first kappa shape index (κ1) is 16.9. The van der Waals surface area contributed by atoms with Crippen LogP contribution in [-0.2, 0) is 10.0 Å². The van der Waals surface area contributed by atoms with E-state index >= 15 is 0 Å². The Balaban J connectivity index is 2.84. The van der Waals surface area contributed by atoms with E-state index in [1.807, 2.05) is 6.92 Å². The molecule has 1 unspecified atom stereocenters. The summed E-state index contributed by atoms with van der Waals surface area (Å²) in [6.07, 6.45) is 2.17. The van der Waals surface area contributed by atoms with Crippen LogP contribution in [0.25, 0.3) is 0 Å². The maximum atomic E-state index is 13.6. The largest absolute Gasteiger partial charge is 0.398 e. The van der Waals surface area contributed by atoms with Crippen LogP contribution in [0.15, 0.2) is 23.1 Å². The highest BCUT2D eigenvalue weighted by Gasteiger charge is 2.23. The second-order valence-corrected chi connectivity index (χ2v) is 6.38. The average molecular weight is 304 g/mol. The molecule has 0 fully saturated rings. The summed E-state index contributed by atoms with van der Waals surface area (Å²) in [4.78, 5) is -0.515. The highest BCUT2D eigenvalue weighted by molar-refractivity contribution is 7.89. The maximum Gasteiger partial charge on any atom is 0.245 e.